The Kier molecular flexibility index (Phi) is 6.47. The number of rotatable bonds is 8. The Morgan fingerprint density at radius 2 is 1.36 bits per heavy atom. The van der Waals surface area contributed by atoms with E-state index < -0.39 is 36.5 Å². The van der Waals surface area contributed by atoms with Gasteiger partial charge in [0.15, 0.2) is 5.28 Å². The lowest BCUT2D eigenvalue weighted by atomic mass is 9.87. The normalized spacial score (nSPS) is 23.3. The number of fused-ring (bicyclic) bond motifs is 1. The van der Waals surface area contributed by atoms with E-state index in [-0.39, 0.29) is 13.2 Å². The summed E-state index contributed by atoms with van der Waals surface area (Å²) >= 11 is 0. The van der Waals surface area contributed by atoms with E-state index in [1.165, 1.54) is 11.1 Å². The average Bonchev–Trinajstić information content (AvgIpc) is 3.43. The highest BCUT2D eigenvalue weighted by molar-refractivity contribution is 7.55. The highest BCUT2D eigenvalue weighted by atomic mass is 31.2. The van der Waals surface area contributed by atoms with Crippen LogP contribution in [-0.2, 0) is 28.5 Å². The monoisotopic (exact) mass is 502 g/mol. The smallest absolute Gasteiger partial charge is 0.307 e. The molecule has 2 aliphatic rings. The molecule has 184 valence electrons. The number of aliphatic imine (C=N–C) groups is 1. The molecule has 0 aliphatic carbocycles. The van der Waals surface area contributed by atoms with Crippen LogP contribution in [0.2, 0.25) is 0 Å². The maximum absolute atomic E-state index is 14.3. The third kappa shape index (κ3) is 3.66. The second kappa shape index (κ2) is 9.58. The van der Waals surface area contributed by atoms with Gasteiger partial charge in [-0.3, -0.25) is 19.1 Å². The van der Waals surface area contributed by atoms with Crippen LogP contribution in [0.1, 0.15) is 19.4 Å². The van der Waals surface area contributed by atoms with Gasteiger partial charge in [0.05, 0.1) is 30.7 Å². The van der Waals surface area contributed by atoms with Gasteiger partial charge in [0.2, 0.25) is 11.8 Å². The molecule has 7 nitrogen and oxygen atoms in total. The van der Waals surface area contributed by atoms with Crippen molar-refractivity contribution in [3.8, 4) is 11.1 Å². The average molecular weight is 503 g/mol. The van der Waals surface area contributed by atoms with Gasteiger partial charge < -0.3 is 9.05 Å². The maximum atomic E-state index is 14.3. The topological polar surface area (TPSA) is 85.3 Å². The van der Waals surface area contributed by atoms with E-state index in [4.69, 9.17) is 9.05 Å². The summed E-state index contributed by atoms with van der Waals surface area (Å²) in [7, 11) is -4.02. The van der Waals surface area contributed by atoms with Gasteiger partial charge in [0, 0.05) is 6.21 Å². The molecule has 0 aromatic heterocycles. The third-order valence-corrected chi connectivity index (χ3v) is 9.35. The standard InChI is InChI=1S/C28H27N2O5P/c1-3-34-36(33,35-4-2)28(22-13-9-6-10-14-22)25-24(19-29-28)26(31)30(27(25)32)23-17-15-21(16-18-23)20-11-7-5-8-12-20/h5-19,24-25H,3-4H2,1-2H3/t24-,25+,28+/m1/s1. The molecule has 0 unspecified atom stereocenters. The molecule has 0 bridgehead atoms. The van der Waals surface area contributed by atoms with Crippen LogP contribution in [0.25, 0.3) is 11.1 Å². The van der Waals surface area contributed by atoms with Crippen molar-refractivity contribution in [1.29, 1.82) is 0 Å². The zero-order valence-electron chi connectivity index (χ0n) is 20.1. The first-order valence-corrected chi connectivity index (χ1v) is 13.5. The van der Waals surface area contributed by atoms with Crippen molar-refractivity contribution in [3.63, 3.8) is 0 Å². The van der Waals surface area contributed by atoms with E-state index in [1.54, 1.807) is 50.2 Å². The number of benzene rings is 3. The van der Waals surface area contributed by atoms with Crippen molar-refractivity contribution < 1.29 is 23.2 Å². The van der Waals surface area contributed by atoms with Gasteiger partial charge in [-0.1, -0.05) is 72.8 Å². The molecule has 2 aliphatic heterocycles. The summed E-state index contributed by atoms with van der Waals surface area (Å²) in [6.45, 7) is 3.63. The molecule has 36 heavy (non-hydrogen) atoms. The van der Waals surface area contributed by atoms with E-state index in [0.717, 1.165) is 11.1 Å². The summed E-state index contributed by atoms with van der Waals surface area (Å²) in [6, 6.07) is 26.0. The number of amides is 2. The molecule has 5 rings (SSSR count). The Hall–Kier alpha value is -3.38. The van der Waals surface area contributed by atoms with Crippen LogP contribution < -0.4 is 4.90 Å². The third-order valence-electron chi connectivity index (χ3n) is 6.66. The van der Waals surface area contributed by atoms with Crippen LogP contribution in [0.15, 0.2) is 89.9 Å². The minimum atomic E-state index is -4.02. The second-order valence-electron chi connectivity index (χ2n) is 8.63. The summed E-state index contributed by atoms with van der Waals surface area (Å²) in [5, 5.41) is -1.66. The molecule has 0 spiro atoms. The zero-order chi connectivity index (χ0) is 25.3. The molecule has 2 heterocycles. The van der Waals surface area contributed by atoms with Crippen LogP contribution in [-0.4, -0.2) is 31.2 Å². The number of imide groups is 1. The number of nitrogens with zero attached hydrogens (tertiary/aromatic N) is 2. The Morgan fingerprint density at radius 1 is 0.806 bits per heavy atom. The minimum absolute atomic E-state index is 0.103. The first-order valence-electron chi connectivity index (χ1n) is 12.0. The van der Waals surface area contributed by atoms with E-state index in [2.05, 4.69) is 4.99 Å². The molecule has 0 N–H and O–H groups in total. The summed E-state index contributed by atoms with van der Waals surface area (Å²) < 4.78 is 25.8. The molecular formula is C28H27N2O5P. The Balaban J connectivity index is 1.59. The Labute approximate surface area is 210 Å². The predicted molar refractivity (Wildman–Crippen MR) is 139 cm³/mol. The van der Waals surface area contributed by atoms with Gasteiger partial charge in [-0.15, -0.1) is 0 Å². The van der Waals surface area contributed by atoms with Crippen LogP contribution in [0.5, 0.6) is 0 Å². The molecule has 0 radical (unpaired) electrons. The summed E-state index contributed by atoms with van der Waals surface area (Å²) in [5.41, 5.74) is 2.97. The molecule has 3 atom stereocenters. The van der Waals surface area contributed by atoms with E-state index in [9.17, 15) is 14.2 Å². The van der Waals surface area contributed by atoms with Crippen molar-refractivity contribution in [2.45, 2.75) is 19.1 Å². The van der Waals surface area contributed by atoms with Gasteiger partial charge in [-0.2, -0.15) is 0 Å². The molecular weight excluding hydrogens is 475 g/mol. The fourth-order valence-electron chi connectivity index (χ4n) is 5.14. The number of carbonyl (C=O) groups is 2. The number of carbonyl (C=O) groups excluding carboxylic acids is 2. The van der Waals surface area contributed by atoms with Crippen LogP contribution in [0.4, 0.5) is 5.69 Å². The van der Waals surface area contributed by atoms with Gasteiger partial charge in [0.1, 0.15) is 0 Å². The summed E-state index contributed by atoms with van der Waals surface area (Å²) in [6.07, 6.45) is 1.45. The van der Waals surface area contributed by atoms with Crippen molar-refractivity contribution >= 4 is 31.3 Å². The molecule has 1 saturated heterocycles. The largest absolute Gasteiger partial charge is 0.363 e. The molecule has 1 fully saturated rings. The molecule has 0 saturated carbocycles. The predicted octanol–water partition coefficient (Wildman–Crippen LogP) is 5.66. The molecule has 3 aromatic rings. The van der Waals surface area contributed by atoms with E-state index in [0.29, 0.717) is 11.3 Å². The van der Waals surface area contributed by atoms with E-state index in [1.807, 2.05) is 48.5 Å². The fraction of sp³-hybridized carbons (Fsp3) is 0.250. The fourth-order valence-corrected chi connectivity index (χ4v) is 7.57. The highest BCUT2D eigenvalue weighted by Gasteiger charge is 2.69. The summed E-state index contributed by atoms with van der Waals surface area (Å²) in [4.78, 5) is 33.3. The van der Waals surface area contributed by atoms with Crippen LogP contribution >= 0.6 is 7.60 Å². The number of hydrogen-bond acceptors (Lipinski definition) is 6. The van der Waals surface area contributed by atoms with Gasteiger partial charge in [-0.25, -0.2) is 4.90 Å². The lowest BCUT2D eigenvalue weighted by Crippen LogP contribution is -2.40. The number of hydrogen-bond donors (Lipinski definition) is 0. The van der Waals surface area contributed by atoms with E-state index >= 15 is 0 Å². The lowest BCUT2D eigenvalue weighted by Gasteiger charge is -2.37. The van der Waals surface area contributed by atoms with Gasteiger partial charge >= 0.3 is 7.60 Å². The molecule has 8 heteroatoms. The quantitative estimate of drug-likeness (QED) is 0.293. The van der Waals surface area contributed by atoms with Gasteiger partial charge in [-0.05, 0) is 42.7 Å². The number of anilines is 1. The van der Waals surface area contributed by atoms with Crippen molar-refractivity contribution in [3.05, 3.63) is 90.5 Å². The lowest BCUT2D eigenvalue weighted by molar-refractivity contribution is -0.123. The molecule has 3 aromatic carbocycles. The highest BCUT2D eigenvalue weighted by Crippen LogP contribution is 2.72. The van der Waals surface area contributed by atoms with Crippen molar-refractivity contribution in [2.24, 2.45) is 16.8 Å². The van der Waals surface area contributed by atoms with Gasteiger partial charge in [0.25, 0.3) is 0 Å². The SMILES string of the molecule is CCOP(=O)(OCC)[C@]1(c2ccccc2)N=C[C@H]2C(=O)N(c3ccc(-c4ccccc4)cc3)C(=O)[C@H]21. The maximum Gasteiger partial charge on any atom is 0.363 e. The zero-order valence-corrected chi connectivity index (χ0v) is 21.0. The van der Waals surface area contributed by atoms with Crippen LogP contribution in [0, 0.1) is 11.8 Å². The van der Waals surface area contributed by atoms with Crippen molar-refractivity contribution in [2.75, 3.05) is 18.1 Å². The minimum Gasteiger partial charge on any atom is -0.307 e. The Morgan fingerprint density at radius 3 is 1.94 bits per heavy atom. The Bertz CT molecular complexity index is 1330. The first kappa shape index (κ1) is 24.3. The van der Waals surface area contributed by atoms with Crippen molar-refractivity contribution in [1.82, 2.24) is 0 Å². The van der Waals surface area contributed by atoms with Crippen LogP contribution in [0.3, 0.4) is 0 Å². The first-order chi connectivity index (χ1) is 17.5. The molecule has 2 amide bonds. The second-order valence-corrected chi connectivity index (χ2v) is 10.8. The summed E-state index contributed by atoms with van der Waals surface area (Å²) in [5.74, 6) is -2.80.